The number of nitrogens with zero attached hydrogens (tertiary/aromatic N) is 3. The summed E-state index contributed by atoms with van der Waals surface area (Å²) < 4.78 is 50.6. The van der Waals surface area contributed by atoms with Crippen molar-refractivity contribution >= 4 is 26.8 Å². The average Bonchev–Trinajstić information content (AvgIpc) is 3.37. The van der Waals surface area contributed by atoms with Gasteiger partial charge in [-0.3, -0.25) is 18.4 Å². The number of fused-ring (bicyclic) bond motifs is 1. The highest BCUT2D eigenvalue weighted by molar-refractivity contribution is 7.61. The molecule has 0 saturated carbocycles. The first-order chi connectivity index (χ1) is 18.8. The van der Waals surface area contributed by atoms with Crippen LogP contribution in [-0.4, -0.2) is 110 Å². The molecule has 232 valence electrons. The number of hydrogen-bond acceptors (Lipinski definition) is 15. The highest BCUT2D eigenvalue weighted by Gasteiger charge is 2.52. The van der Waals surface area contributed by atoms with Gasteiger partial charge in [0.2, 0.25) is 0 Å². The molecule has 21 heteroatoms. The second-order valence-corrected chi connectivity index (χ2v) is 13.7. The summed E-state index contributed by atoms with van der Waals surface area (Å²) in [5.41, 5.74) is -1.44. The van der Waals surface area contributed by atoms with Crippen molar-refractivity contribution in [2.75, 3.05) is 6.61 Å². The minimum absolute atomic E-state index is 0.0251. The maximum absolute atomic E-state index is 12.5. The summed E-state index contributed by atoms with van der Waals surface area (Å²) in [6.45, 7) is 5.40. The molecule has 2 aliphatic rings. The van der Waals surface area contributed by atoms with E-state index in [1.807, 2.05) is 0 Å². The molecule has 2 fully saturated rings. The summed E-state index contributed by atoms with van der Waals surface area (Å²) in [6.07, 6.45) is -13.8. The van der Waals surface area contributed by atoms with E-state index < -0.39 is 88.5 Å². The lowest BCUT2D eigenvalue weighted by Gasteiger charge is -2.45. The largest absolute Gasteiger partial charge is 0.483 e. The van der Waals surface area contributed by atoms with Gasteiger partial charge in [0.05, 0.1) is 19.0 Å². The van der Waals surface area contributed by atoms with Crippen LogP contribution in [0.5, 0.6) is 0 Å². The maximum atomic E-state index is 12.5. The van der Waals surface area contributed by atoms with Gasteiger partial charge in [0.15, 0.2) is 23.7 Å². The zero-order valence-corrected chi connectivity index (χ0v) is 23.9. The van der Waals surface area contributed by atoms with Gasteiger partial charge in [-0.1, -0.05) is 20.8 Å². The van der Waals surface area contributed by atoms with Gasteiger partial charge in [0, 0.05) is 0 Å². The number of aryl methyl sites for hydroxylation is 1. The van der Waals surface area contributed by atoms with Crippen LogP contribution in [-0.2, 0) is 32.0 Å². The Kier molecular flexibility index (Phi) is 9.00. The van der Waals surface area contributed by atoms with Crippen LogP contribution >= 0.6 is 15.6 Å². The topological polar surface area (TPSA) is 285 Å². The molecule has 0 aliphatic carbocycles. The molecule has 19 nitrogen and oxygen atoms in total. The Morgan fingerprint density at radius 2 is 1.66 bits per heavy atom. The number of phosphoric acid groups is 2. The van der Waals surface area contributed by atoms with Gasteiger partial charge in [-0.25, -0.2) is 19.1 Å². The van der Waals surface area contributed by atoms with Crippen molar-refractivity contribution < 1.29 is 67.3 Å². The first-order valence-corrected chi connectivity index (χ1v) is 15.1. The number of aromatic amines is 1. The second kappa shape index (κ2) is 11.4. The van der Waals surface area contributed by atoms with Crippen LogP contribution in [0.1, 0.15) is 32.8 Å². The lowest BCUT2D eigenvalue weighted by Crippen LogP contribution is -2.61. The zero-order valence-electron chi connectivity index (χ0n) is 22.1. The number of nitrogens with one attached hydrogen (secondary N) is 1. The van der Waals surface area contributed by atoms with Crippen molar-refractivity contribution in [1.82, 2.24) is 19.5 Å². The fraction of sp³-hybridized carbons (Fsp3) is 0.750. The fourth-order valence-corrected chi connectivity index (χ4v) is 6.60. The number of rotatable bonds is 8. The van der Waals surface area contributed by atoms with Gasteiger partial charge in [-0.2, -0.15) is 4.31 Å². The van der Waals surface area contributed by atoms with E-state index in [1.54, 1.807) is 20.8 Å². The standard InChI is InChI=1S/C20H32N4O15P2/c1-7-22-16-9(17(30)23-7)21-6-24(16)18-13(28)10(25)8(36-18)5-35-40(31,32)39-41(33,34)38-19-14(29)11(26)12(27)15(37-19)20(2,3)4/h6,8,10-15,18-19,25-29H,5H2,1-4H3,(H,31,32)(H,33,34)(H,22,23,30)/t8-,10+,11+,12+,13?,14?,15?,18-,19-/m1/s1. The molecule has 8 N–H and O–H groups in total. The molecular formula is C20H32N4O15P2. The highest BCUT2D eigenvalue weighted by atomic mass is 31.3. The van der Waals surface area contributed by atoms with E-state index in [4.69, 9.17) is 9.47 Å². The summed E-state index contributed by atoms with van der Waals surface area (Å²) in [5.74, 6) is 0.233. The summed E-state index contributed by atoms with van der Waals surface area (Å²) in [5, 5.41) is 51.4. The molecule has 0 radical (unpaired) electrons. The monoisotopic (exact) mass is 630 g/mol. The van der Waals surface area contributed by atoms with E-state index >= 15 is 0 Å². The minimum Gasteiger partial charge on any atom is -0.388 e. The van der Waals surface area contributed by atoms with Crippen molar-refractivity contribution in [3.05, 3.63) is 22.5 Å². The summed E-state index contributed by atoms with van der Waals surface area (Å²) in [6, 6.07) is 0. The lowest BCUT2D eigenvalue weighted by atomic mass is 9.81. The smallest absolute Gasteiger partial charge is 0.388 e. The summed E-state index contributed by atoms with van der Waals surface area (Å²) >= 11 is 0. The summed E-state index contributed by atoms with van der Waals surface area (Å²) in [4.78, 5) is 42.7. The van der Waals surface area contributed by atoms with Crippen LogP contribution in [0.15, 0.2) is 11.1 Å². The Labute approximate surface area is 231 Å². The molecule has 2 saturated heterocycles. The molecule has 2 aliphatic heterocycles. The van der Waals surface area contributed by atoms with Crippen molar-refractivity contribution in [3.63, 3.8) is 0 Å². The van der Waals surface area contributed by atoms with Crippen LogP contribution in [0.25, 0.3) is 11.2 Å². The van der Waals surface area contributed by atoms with E-state index in [9.17, 15) is 49.2 Å². The van der Waals surface area contributed by atoms with E-state index in [2.05, 4.69) is 28.3 Å². The Hall–Kier alpha value is -1.67. The highest BCUT2D eigenvalue weighted by Crippen LogP contribution is 2.61. The van der Waals surface area contributed by atoms with Crippen LogP contribution in [0.2, 0.25) is 0 Å². The van der Waals surface area contributed by atoms with Crippen molar-refractivity contribution in [1.29, 1.82) is 0 Å². The normalized spacial score (nSPS) is 35.8. The predicted molar refractivity (Wildman–Crippen MR) is 133 cm³/mol. The van der Waals surface area contributed by atoms with E-state index in [0.717, 1.165) is 6.33 Å². The summed E-state index contributed by atoms with van der Waals surface area (Å²) in [7, 11) is -11.0. The molecule has 4 rings (SSSR count). The quantitative estimate of drug-likeness (QED) is 0.149. The average molecular weight is 630 g/mol. The van der Waals surface area contributed by atoms with E-state index in [-0.39, 0.29) is 17.0 Å². The molecule has 4 heterocycles. The number of phosphoric ester groups is 2. The molecule has 5 unspecified atom stereocenters. The number of aliphatic hydroxyl groups is 5. The first-order valence-electron chi connectivity index (χ1n) is 12.2. The zero-order chi connectivity index (χ0) is 30.7. The molecule has 0 aromatic carbocycles. The maximum Gasteiger partial charge on any atom is 0.483 e. The number of aliphatic hydroxyl groups excluding tert-OH is 5. The first kappa shape index (κ1) is 32.2. The third-order valence-electron chi connectivity index (χ3n) is 6.43. The molecule has 2 aromatic rings. The fourth-order valence-electron chi connectivity index (χ4n) is 4.44. The number of H-pyrrole nitrogens is 1. The number of hydrogen-bond donors (Lipinski definition) is 8. The number of aromatic nitrogens is 4. The van der Waals surface area contributed by atoms with Gasteiger partial charge >= 0.3 is 15.6 Å². The van der Waals surface area contributed by atoms with Crippen molar-refractivity contribution in [3.8, 4) is 0 Å². The van der Waals surface area contributed by atoms with Gasteiger partial charge in [-0.05, 0) is 12.3 Å². The van der Waals surface area contributed by atoms with Crippen LogP contribution < -0.4 is 5.56 Å². The van der Waals surface area contributed by atoms with Gasteiger partial charge in [0.25, 0.3) is 5.56 Å². The predicted octanol–water partition coefficient (Wildman–Crippen LogP) is -1.85. The number of imidazole rings is 1. The van der Waals surface area contributed by atoms with Crippen LogP contribution in [0.4, 0.5) is 0 Å². The Morgan fingerprint density at radius 1 is 1.00 bits per heavy atom. The molecule has 2 aromatic heterocycles. The van der Waals surface area contributed by atoms with E-state index in [1.165, 1.54) is 11.5 Å². The lowest BCUT2D eigenvalue weighted by molar-refractivity contribution is -0.293. The molecule has 0 bridgehead atoms. The third kappa shape index (κ3) is 6.79. The second-order valence-electron chi connectivity index (χ2n) is 10.7. The van der Waals surface area contributed by atoms with E-state index in [0.29, 0.717) is 0 Å². The molecular weight excluding hydrogens is 598 g/mol. The molecule has 0 spiro atoms. The Bertz CT molecular complexity index is 1410. The van der Waals surface area contributed by atoms with Crippen LogP contribution in [0.3, 0.4) is 0 Å². The molecule has 41 heavy (non-hydrogen) atoms. The van der Waals surface area contributed by atoms with Crippen molar-refractivity contribution in [2.24, 2.45) is 5.41 Å². The van der Waals surface area contributed by atoms with Crippen LogP contribution in [0, 0.1) is 12.3 Å². The minimum atomic E-state index is -5.54. The van der Waals surface area contributed by atoms with Crippen molar-refractivity contribution in [2.45, 2.75) is 82.9 Å². The molecule has 0 amide bonds. The Balaban J connectivity index is 1.40. The SMILES string of the molecule is Cc1nc2c(ncn2[C@@H]2O[C@H](COP(=O)(O)OP(=O)(O)O[C@H]3OC(C(C)(C)C)[C@@H](O)[C@H](O)C3O)[C@H](O)C2O)c(=O)[nH]1. The third-order valence-corrected chi connectivity index (χ3v) is 9.03. The van der Waals surface area contributed by atoms with Gasteiger partial charge in [-0.15, -0.1) is 0 Å². The van der Waals surface area contributed by atoms with Gasteiger partial charge < -0.3 is 49.8 Å². The van der Waals surface area contributed by atoms with Gasteiger partial charge in [0.1, 0.15) is 42.4 Å². The molecule has 11 atom stereocenters. The Morgan fingerprint density at radius 3 is 2.29 bits per heavy atom. The number of ether oxygens (including phenoxy) is 2.